The van der Waals surface area contributed by atoms with Crippen LogP contribution in [0.1, 0.15) is 47.9 Å². The fourth-order valence-corrected chi connectivity index (χ4v) is 4.13. The molecule has 1 aromatic carbocycles. The van der Waals surface area contributed by atoms with Crippen molar-refractivity contribution in [3.05, 3.63) is 34.4 Å². The van der Waals surface area contributed by atoms with E-state index in [4.69, 9.17) is 0 Å². The molecule has 0 spiro atoms. The Kier molecular flexibility index (Phi) is 6.68. The highest BCUT2D eigenvalue weighted by atomic mass is 16.2. The van der Waals surface area contributed by atoms with Gasteiger partial charge in [-0.15, -0.1) is 0 Å². The number of aryl methyl sites for hydroxylation is 3. The van der Waals surface area contributed by atoms with Crippen molar-refractivity contribution in [3.63, 3.8) is 0 Å². The Hall–Kier alpha value is -2.04. The largest absolute Gasteiger partial charge is 0.355 e. The van der Waals surface area contributed by atoms with Gasteiger partial charge in [-0.1, -0.05) is 30.5 Å². The lowest BCUT2D eigenvalue weighted by molar-refractivity contribution is -0.138. The van der Waals surface area contributed by atoms with Crippen LogP contribution in [0.25, 0.3) is 0 Å². The van der Waals surface area contributed by atoms with Gasteiger partial charge in [0.1, 0.15) is 0 Å². The number of benzene rings is 1. The smallest absolute Gasteiger partial charge is 0.230 e. The van der Waals surface area contributed by atoms with E-state index in [2.05, 4.69) is 48.5 Å². The van der Waals surface area contributed by atoms with Crippen LogP contribution in [0.2, 0.25) is 0 Å². The van der Waals surface area contributed by atoms with E-state index in [9.17, 15) is 4.79 Å². The van der Waals surface area contributed by atoms with E-state index in [-0.39, 0.29) is 11.3 Å². The van der Waals surface area contributed by atoms with Gasteiger partial charge in [-0.25, -0.2) is 0 Å². The molecule has 0 heterocycles. The highest BCUT2D eigenvalue weighted by molar-refractivity contribution is 5.85. The molecule has 1 fully saturated rings. The third-order valence-electron chi connectivity index (χ3n) is 5.51. The topological polar surface area (TPSA) is 56.7 Å². The van der Waals surface area contributed by atoms with Crippen molar-refractivity contribution in [1.29, 1.82) is 0 Å². The lowest BCUT2D eigenvalue weighted by atomic mass is 9.84. The van der Waals surface area contributed by atoms with Gasteiger partial charge >= 0.3 is 0 Å². The Morgan fingerprint density at radius 3 is 2.19 bits per heavy atom. The highest BCUT2D eigenvalue weighted by Gasteiger charge is 2.42. The number of carbonyl (C=O) groups excluding carboxylic acids is 1. The summed E-state index contributed by atoms with van der Waals surface area (Å²) < 4.78 is 0. The highest BCUT2D eigenvalue weighted by Crippen LogP contribution is 2.38. The molecule has 1 aliphatic carbocycles. The number of guanidine groups is 1. The molecule has 1 saturated carbocycles. The zero-order valence-electron chi connectivity index (χ0n) is 17.2. The fourth-order valence-electron chi connectivity index (χ4n) is 4.13. The Morgan fingerprint density at radius 2 is 1.69 bits per heavy atom. The van der Waals surface area contributed by atoms with Crippen molar-refractivity contribution in [2.75, 3.05) is 27.7 Å². The molecule has 0 bridgehead atoms. The number of nitrogens with zero attached hydrogens (tertiary/aromatic N) is 2. The summed E-state index contributed by atoms with van der Waals surface area (Å²) in [5.74, 6) is 0.977. The summed E-state index contributed by atoms with van der Waals surface area (Å²) in [5, 5.41) is 6.81. The summed E-state index contributed by atoms with van der Waals surface area (Å²) in [6.07, 6.45) is 4.14. The number of rotatable bonds is 5. The van der Waals surface area contributed by atoms with Crippen molar-refractivity contribution in [2.45, 2.75) is 53.0 Å². The van der Waals surface area contributed by atoms with Gasteiger partial charge in [0.2, 0.25) is 5.91 Å². The van der Waals surface area contributed by atoms with Crippen LogP contribution >= 0.6 is 0 Å². The third-order valence-corrected chi connectivity index (χ3v) is 5.51. The quantitative estimate of drug-likeness (QED) is 0.628. The molecule has 0 unspecified atom stereocenters. The second kappa shape index (κ2) is 8.56. The number of hydrogen-bond donors (Lipinski definition) is 2. The maximum atomic E-state index is 12.7. The second-order valence-corrected chi connectivity index (χ2v) is 7.84. The summed E-state index contributed by atoms with van der Waals surface area (Å²) in [6, 6.07) is 4.42. The predicted octanol–water partition coefficient (Wildman–Crippen LogP) is 2.93. The van der Waals surface area contributed by atoms with Crippen LogP contribution in [-0.4, -0.2) is 44.5 Å². The van der Waals surface area contributed by atoms with Crippen LogP contribution in [0.5, 0.6) is 0 Å². The first kappa shape index (κ1) is 20.3. The zero-order valence-corrected chi connectivity index (χ0v) is 17.2. The van der Waals surface area contributed by atoms with Crippen LogP contribution in [0, 0.1) is 26.2 Å². The van der Waals surface area contributed by atoms with Gasteiger partial charge in [0.25, 0.3) is 0 Å². The zero-order chi connectivity index (χ0) is 19.3. The van der Waals surface area contributed by atoms with Crippen LogP contribution < -0.4 is 10.6 Å². The third kappa shape index (κ3) is 4.57. The van der Waals surface area contributed by atoms with Crippen LogP contribution in [0.3, 0.4) is 0 Å². The summed E-state index contributed by atoms with van der Waals surface area (Å²) in [6.45, 7) is 7.79. The molecule has 26 heavy (non-hydrogen) atoms. The van der Waals surface area contributed by atoms with E-state index >= 15 is 0 Å². The van der Waals surface area contributed by atoms with Crippen molar-refractivity contribution in [2.24, 2.45) is 10.4 Å². The maximum absolute atomic E-state index is 12.7. The molecular weight excluding hydrogens is 324 g/mol. The van der Waals surface area contributed by atoms with Crippen molar-refractivity contribution in [1.82, 2.24) is 15.5 Å². The van der Waals surface area contributed by atoms with E-state index in [1.807, 2.05) is 14.1 Å². The van der Waals surface area contributed by atoms with Crippen LogP contribution in [0.4, 0.5) is 0 Å². The summed E-state index contributed by atoms with van der Waals surface area (Å²) in [7, 11) is 5.47. The van der Waals surface area contributed by atoms with Crippen molar-refractivity contribution in [3.8, 4) is 0 Å². The van der Waals surface area contributed by atoms with E-state index in [1.165, 1.54) is 22.3 Å². The monoisotopic (exact) mass is 358 g/mol. The molecular formula is C21H34N4O. The van der Waals surface area contributed by atoms with E-state index in [0.717, 1.165) is 38.2 Å². The Morgan fingerprint density at radius 1 is 1.12 bits per heavy atom. The van der Waals surface area contributed by atoms with Crippen molar-refractivity contribution >= 4 is 11.9 Å². The second-order valence-electron chi connectivity index (χ2n) is 7.84. The minimum Gasteiger partial charge on any atom is -0.355 e. The summed E-state index contributed by atoms with van der Waals surface area (Å²) in [4.78, 5) is 18.8. The molecule has 2 rings (SSSR count). The first-order valence-electron chi connectivity index (χ1n) is 9.52. The molecule has 2 N–H and O–H groups in total. The average Bonchev–Trinajstić information content (AvgIpc) is 3.05. The number of amides is 1. The van der Waals surface area contributed by atoms with Gasteiger partial charge in [0.05, 0.1) is 5.41 Å². The molecule has 0 saturated heterocycles. The molecule has 144 valence electrons. The van der Waals surface area contributed by atoms with Gasteiger partial charge in [-0.2, -0.15) is 0 Å². The molecule has 1 aliphatic rings. The van der Waals surface area contributed by atoms with Crippen LogP contribution in [0.15, 0.2) is 17.1 Å². The number of hydrogen-bond acceptors (Lipinski definition) is 2. The van der Waals surface area contributed by atoms with Crippen molar-refractivity contribution < 1.29 is 4.79 Å². The number of aliphatic imine (C=N–C) groups is 1. The van der Waals surface area contributed by atoms with Gasteiger partial charge in [-0.3, -0.25) is 9.79 Å². The maximum Gasteiger partial charge on any atom is 0.230 e. The SMILES string of the molecule is CN=C(NCc1c(C)cc(C)cc1C)NCC1(C(=O)N(C)C)CCCC1. The van der Waals surface area contributed by atoms with E-state index in [1.54, 1.807) is 11.9 Å². The summed E-state index contributed by atoms with van der Waals surface area (Å²) in [5.41, 5.74) is 4.88. The minimum atomic E-state index is -0.295. The standard InChI is InChI=1S/C21H34N4O/c1-15-11-16(2)18(17(3)12-15)13-23-20(22-4)24-14-21(9-7-8-10-21)19(26)25(5)6/h11-12H,7-10,13-14H2,1-6H3,(H2,22,23,24). The van der Waals surface area contributed by atoms with Gasteiger partial charge < -0.3 is 15.5 Å². The first-order chi connectivity index (χ1) is 12.3. The minimum absolute atomic E-state index is 0.225. The first-order valence-corrected chi connectivity index (χ1v) is 9.52. The van der Waals surface area contributed by atoms with Crippen LogP contribution in [-0.2, 0) is 11.3 Å². The molecule has 0 aliphatic heterocycles. The molecule has 1 aromatic rings. The molecule has 5 heteroatoms. The molecule has 5 nitrogen and oxygen atoms in total. The Labute approximate surface area is 158 Å². The molecule has 1 amide bonds. The number of carbonyl (C=O) groups is 1. The van der Waals surface area contributed by atoms with Gasteiger partial charge in [0, 0.05) is 34.2 Å². The Bertz CT molecular complexity index is 650. The fraction of sp³-hybridized carbons (Fsp3) is 0.619. The molecule has 0 aromatic heterocycles. The molecule has 0 atom stereocenters. The normalized spacial score (nSPS) is 16.5. The molecule has 0 radical (unpaired) electrons. The van der Waals surface area contributed by atoms with E-state index < -0.39 is 0 Å². The predicted molar refractivity (Wildman–Crippen MR) is 108 cm³/mol. The van der Waals surface area contributed by atoms with E-state index in [0.29, 0.717) is 6.54 Å². The van der Waals surface area contributed by atoms with Gasteiger partial charge in [-0.05, 0) is 50.3 Å². The summed E-state index contributed by atoms with van der Waals surface area (Å²) >= 11 is 0. The average molecular weight is 359 g/mol. The number of nitrogens with one attached hydrogen (secondary N) is 2. The lowest BCUT2D eigenvalue weighted by Gasteiger charge is -2.31. The lowest BCUT2D eigenvalue weighted by Crippen LogP contribution is -2.49. The Balaban J connectivity index is 2.01. The van der Waals surface area contributed by atoms with Gasteiger partial charge in [0.15, 0.2) is 5.96 Å².